The molecule has 7 heteroatoms. The van der Waals surface area contributed by atoms with Gasteiger partial charge in [0.15, 0.2) is 0 Å². The SMILES string of the molecule is COCCCN1CCOc2ccc(COC3CCCCN3C(=O)OCc3ccccc3)cc21. The van der Waals surface area contributed by atoms with Crippen LogP contribution in [0.15, 0.2) is 48.5 Å². The summed E-state index contributed by atoms with van der Waals surface area (Å²) in [5, 5.41) is 0. The highest BCUT2D eigenvalue weighted by molar-refractivity contribution is 5.68. The number of piperidine rings is 1. The van der Waals surface area contributed by atoms with Crippen molar-refractivity contribution in [3.63, 3.8) is 0 Å². The lowest BCUT2D eigenvalue weighted by Crippen LogP contribution is -2.45. The molecule has 0 N–H and O–H groups in total. The number of carbonyl (C=O) groups is 1. The first-order valence-corrected chi connectivity index (χ1v) is 11.8. The van der Waals surface area contributed by atoms with E-state index in [0.717, 1.165) is 67.9 Å². The van der Waals surface area contributed by atoms with E-state index in [1.807, 2.05) is 42.5 Å². The van der Waals surface area contributed by atoms with Crippen LogP contribution in [0.5, 0.6) is 5.75 Å². The molecule has 0 radical (unpaired) electrons. The zero-order chi connectivity index (χ0) is 22.9. The molecule has 2 aliphatic rings. The fourth-order valence-corrected chi connectivity index (χ4v) is 4.32. The Morgan fingerprint density at radius 2 is 1.94 bits per heavy atom. The molecule has 1 amide bonds. The predicted molar refractivity (Wildman–Crippen MR) is 126 cm³/mol. The molecule has 0 spiro atoms. The number of fused-ring (bicyclic) bond motifs is 1. The van der Waals surface area contributed by atoms with Gasteiger partial charge in [0.05, 0.1) is 18.8 Å². The van der Waals surface area contributed by atoms with Gasteiger partial charge in [0.1, 0.15) is 25.2 Å². The zero-order valence-electron chi connectivity index (χ0n) is 19.4. The Bertz CT molecular complexity index is 892. The van der Waals surface area contributed by atoms with Gasteiger partial charge in [-0.05, 0) is 48.9 Å². The van der Waals surface area contributed by atoms with Crippen LogP contribution >= 0.6 is 0 Å². The van der Waals surface area contributed by atoms with Crippen LogP contribution < -0.4 is 9.64 Å². The number of rotatable bonds is 9. The highest BCUT2D eigenvalue weighted by Gasteiger charge is 2.29. The van der Waals surface area contributed by atoms with E-state index in [1.165, 1.54) is 0 Å². The molecular weight excluding hydrogens is 420 g/mol. The minimum atomic E-state index is -0.313. The van der Waals surface area contributed by atoms with Crippen LogP contribution in [0.1, 0.15) is 36.8 Å². The summed E-state index contributed by atoms with van der Waals surface area (Å²) in [4.78, 5) is 16.8. The number of amides is 1. The number of hydrogen-bond donors (Lipinski definition) is 0. The molecule has 178 valence electrons. The van der Waals surface area contributed by atoms with Crippen molar-refractivity contribution in [3.05, 3.63) is 59.7 Å². The van der Waals surface area contributed by atoms with Gasteiger partial charge in [-0.25, -0.2) is 4.79 Å². The number of anilines is 1. The molecule has 0 saturated carbocycles. The van der Waals surface area contributed by atoms with Gasteiger partial charge >= 0.3 is 6.09 Å². The average molecular weight is 455 g/mol. The third-order valence-electron chi connectivity index (χ3n) is 6.09. The predicted octanol–water partition coefficient (Wildman–Crippen LogP) is 4.59. The molecule has 1 fully saturated rings. The van der Waals surface area contributed by atoms with Crippen LogP contribution in [0.2, 0.25) is 0 Å². The van der Waals surface area contributed by atoms with Crippen molar-refractivity contribution in [1.29, 1.82) is 0 Å². The number of methoxy groups -OCH3 is 1. The van der Waals surface area contributed by atoms with Gasteiger partial charge in [-0.2, -0.15) is 0 Å². The number of carbonyl (C=O) groups excluding carboxylic acids is 1. The molecule has 0 aromatic heterocycles. The summed E-state index contributed by atoms with van der Waals surface area (Å²) in [7, 11) is 1.73. The minimum absolute atomic E-state index is 0.270. The fraction of sp³-hybridized carbons (Fsp3) is 0.500. The maximum absolute atomic E-state index is 12.7. The van der Waals surface area contributed by atoms with E-state index in [9.17, 15) is 4.79 Å². The lowest BCUT2D eigenvalue weighted by atomic mass is 10.1. The molecule has 4 rings (SSSR count). The van der Waals surface area contributed by atoms with Gasteiger partial charge < -0.3 is 23.8 Å². The molecule has 2 heterocycles. The quantitative estimate of drug-likeness (QED) is 0.517. The second-order valence-electron chi connectivity index (χ2n) is 8.48. The Kier molecular flexibility index (Phi) is 8.44. The number of ether oxygens (including phenoxy) is 4. The van der Waals surface area contributed by atoms with E-state index < -0.39 is 0 Å². The van der Waals surface area contributed by atoms with Crippen LogP contribution in [0.4, 0.5) is 10.5 Å². The molecule has 2 aromatic carbocycles. The molecule has 0 aliphatic carbocycles. The molecule has 2 aromatic rings. The maximum atomic E-state index is 12.7. The third-order valence-corrected chi connectivity index (χ3v) is 6.09. The van der Waals surface area contributed by atoms with Crippen LogP contribution in [0.25, 0.3) is 0 Å². The highest BCUT2D eigenvalue weighted by Crippen LogP contribution is 2.33. The standard InChI is InChI=1S/C26H34N2O5/c1-30-16-7-13-27-15-17-31-24-12-11-22(18-23(24)27)20-32-25-10-5-6-14-28(25)26(29)33-19-21-8-3-2-4-9-21/h2-4,8-9,11-12,18,25H,5-7,10,13-17,19-20H2,1H3. The van der Waals surface area contributed by atoms with Gasteiger partial charge in [-0.15, -0.1) is 0 Å². The van der Waals surface area contributed by atoms with Gasteiger partial charge in [0.25, 0.3) is 0 Å². The summed E-state index contributed by atoms with van der Waals surface area (Å²) < 4.78 is 22.8. The van der Waals surface area contributed by atoms with E-state index in [2.05, 4.69) is 11.0 Å². The van der Waals surface area contributed by atoms with Crippen LogP contribution in [-0.4, -0.2) is 57.2 Å². The van der Waals surface area contributed by atoms with Crippen molar-refractivity contribution < 1.29 is 23.7 Å². The number of likely N-dealkylation sites (tertiary alicyclic amines) is 1. The van der Waals surface area contributed by atoms with E-state index in [-0.39, 0.29) is 18.9 Å². The Morgan fingerprint density at radius 3 is 2.79 bits per heavy atom. The Morgan fingerprint density at radius 1 is 1.06 bits per heavy atom. The van der Waals surface area contributed by atoms with Crippen molar-refractivity contribution in [2.75, 3.05) is 44.9 Å². The molecule has 1 unspecified atom stereocenters. The lowest BCUT2D eigenvalue weighted by Gasteiger charge is -2.35. The number of hydrogen-bond acceptors (Lipinski definition) is 6. The summed E-state index contributed by atoms with van der Waals surface area (Å²) in [6.07, 6.45) is 3.21. The molecule has 1 saturated heterocycles. The number of nitrogens with zero attached hydrogens (tertiary/aromatic N) is 2. The molecule has 7 nitrogen and oxygen atoms in total. The maximum Gasteiger partial charge on any atom is 0.412 e. The Labute approximate surface area is 196 Å². The van der Waals surface area contributed by atoms with Crippen LogP contribution in [0.3, 0.4) is 0 Å². The second kappa shape index (κ2) is 11.9. The molecular formula is C26H34N2O5. The van der Waals surface area contributed by atoms with Crippen molar-refractivity contribution in [3.8, 4) is 5.75 Å². The van der Waals surface area contributed by atoms with Gasteiger partial charge in [0.2, 0.25) is 0 Å². The summed E-state index contributed by atoms with van der Waals surface area (Å²) in [5.41, 5.74) is 3.15. The highest BCUT2D eigenvalue weighted by atomic mass is 16.6. The monoisotopic (exact) mass is 454 g/mol. The molecule has 2 aliphatic heterocycles. The largest absolute Gasteiger partial charge is 0.490 e. The normalized spacial score (nSPS) is 17.9. The lowest BCUT2D eigenvalue weighted by molar-refractivity contribution is -0.0803. The van der Waals surface area contributed by atoms with Crippen LogP contribution in [0, 0.1) is 0 Å². The Hall–Kier alpha value is -2.77. The molecule has 0 bridgehead atoms. The Balaban J connectivity index is 1.35. The summed E-state index contributed by atoms with van der Waals surface area (Å²) >= 11 is 0. The first kappa shape index (κ1) is 23.4. The van der Waals surface area contributed by atoms with Gasteiger partial charge in [-0.3, -0.25) is 4.90 Å². The minimum Gasteiger partial charge on any atom is -0.490 e. The van der Waals surface area contributed by atoms with E-state index in [4.69, 9.17) is 18.9 Å². The van der Waals surface area contributed by atoms with E-state index in [1.54, 1.807) is 12.0 Å². The second-order valence-corrected chi connectivity index (χ2v) is 8.48. The summed E-state index contributed by atoms with van der Waals surface area (Å²) in [5.74, 6) is 0.909. The third kappa shape index (κ3) is 6.39. The van der Waals surface area contributed by atoms with E-state index in [0.29, 0.717) is 19.8 Å². The van der Waals surface area contributed by atoms with Crippen LogP contribution in [-0.2, 0) is 27.4 Å². The van der Waals surface area contributed by atoms with Crippen molar-refractivity contribution in [2.24, 2.45) is 0 Å². The molecule has 33 heavy (non-hydrogen) atoms. The van der Waals surface area contributed by atoms with Crippen molar-refractivity contribution >= 4 is 11.8 Å². The van der Waals surface area contributed by atoms with E-state index >= 15 is 0 Å². The number of benzene rings is 2. The average Bonchev–Trinajstić information content (AvgIpc) is 2.87. The smallest absolute Gasteiger partial charge is 0.412 e. The summed E-state index contributed by atoms with van der Waals surface area (Å²) in [6.45, 7) is 4.59. The first-order valence-electron chi connectivity index (χ1n) is 11.8. The topological polar surface area (TPSA) is 60.5 Å². The first-order chi connectivity index (χ1) is 16.2. The van der Waals surface area contributed by atoms with Crippen molar-refractivity contribution in [2.45, 2.75) is 45.1 Å². The van der Waals surface area contributed by atoms with Gasteiger partial charge in [-0.1, -0.05) is 36.4 Å². The van der Waals surface area contributed by atoms with Crippen molar-refractivity contribution in [1.82, 2.24) is 4.90 Å². The zero-order valence-corrected chi connectivity index (χ0v) is 19.4. The van der Waals surface area contributed by atoms with Gasteiger partial charge in [0, 0.05) is 26.8 Å². The summed E-state index contributed by atoms with van der Waals surface area (Å²) in [6, 6.07) is 15.9. The fourth-order valence-electron chi connectivity index (χ4n) is 4.32. The molecule has 1 atom stereocenters.